The van der Waals surface area contributed by atoms with Gasteiger partial charge >= 0.3 is 12.0 Å². The minimum Gasteiger partial charge on any atom is -0.480 e. The molecule has 0 aromatic rings. The number of hydrogen-bond acceptors (Lipinski definition) is 3. The third-order valence-corrected chi connectivity index (χ3v) is 1.92. The molecule has 0 saturated carbocycles. The van der Waals surface area contributed by atoms with Crippen molar-refractivity contribution in [2.24, 2.45) is 0 Å². The van der Waals surface area contributed by atoms with Crippen LogP contribution >= 0.6 is 0 Å². The van der Waals surface area contributed by atoms with Crippen molar-refractivity contribution >= 4 is 12.0 Å². The highest BCUT2D eigenvalue weighted by atomic mass is 16.5. The first-order valence-corrected chi connectivity index (χ1v) is 5.46. The molecule has 0 heterocycles. The lowest BCUT2D eigenvalue weighted by atomic mass is 10.2. The number of aliphatic carboxylic acids is 1. The van der Waals surface area contributed by atoms with Crippen LogP contribution in [0.15, 0.2) is 0 Å². The number of urea groups is 1. The Bertz CT molecular complexity index is 221. The van der Waals surface area contributed by atoms with E-state index in [0.717, 1.165) is 0 Å². The van der Waals surface area contributed by atoms with E-state index in [2.05, 4.69) is 10.6 Å². The minimum absolute atomic E-state index is 0.373. The van der Waals surface area contributed by atoms with Gasteiger partial charge < -0.3 is 20.5 Å². The molecule has 1 unspecified atom stereocenters. The summed E-state index contributed by atoms with van der Waals surface area (Å²) in [7, 11) is 0. The smallest absolute Gasteiger partial charge is 0.326 e. The molecule has 0 aromatic heterocycles. The monoisotopic (exact) mass is 232 g/mol. The third kappa shape index (κ3) is 7.05. The SMILES string of the molecule is CCCC(NC(=O)NCCOCC)C(=O)O. The quantitative estimate of drug-likeness (QED) is 0.534. The first kappa shape index (κ1) is 14.7. The Labute approximate surface area is 95.4 Å². The lowest BCUT2D eigenvalue weighted by Crippen LogP contribution is -2.46. The molecule has 0 saturated heterocycles. The fraction of sp³-hybridized carbons (Fsp3) is 0.800. The van der Waals surface area contributed by atoms with Gasteiger partial charge in [-0.05, 0) is 13.3 Å². The van der Waals surface area contributed by atoms with Crippen LogP contribution in [0.4, 0.5) is 4.79 Å². The highest BCUT2D eigenvalue weighted by Gasteiger charge is 2.17. The van der Waals surface area contributed by atoms with Crippen molar-refractivity contribution < 1.29 is 19.4 Å². The van der Waals surface area contributed by atoms with E-state index in [1.54, 1.807) is 0 Å². The largest absolute Gasteiger partial charge is 0.480 e. The number of nitrogens with one attached hydrogen (secondary N) is 2. The Hall–Kier alpha value is -1.30. The number of amides is 2. The van der Waals surface area contributed by atoms with Gasteiger partial charge in [-0.1, -0.05) is 13.3 Å². The summed E-state index contributed by atoms with van der Waals surface area (Å²) in [5, 5.41) is 13.7. The summed E-state index contributed by atoms with van der Waals surface area (Å²) in [6, 6.07) is -1.29. The number of rotatable bonds is 8. The van der Waals surface area contributed by atoms with Gasteiger partial charge in [0.15, 0.2) is 0 Å². The van der Waals surface area contributed by atoms with Crippen LogP contribution in [0.5, 0.6) is 0 Å². The van der Waals surface area contributed by atoms with Gasteiger partial charge in [0.1, 0.15) is 6.04 Å². The average molecular weight is 232 g/mol. The van der Waals surface area contributed by atoms with Crippen LogP contribution in [0.25, 0.3) is 0 Å². The van der Waals surface area contributed by atoms with Gasteiger partial charge in [0.05, 0.1) is 6.61 Å². The Morgan fingerprint density at radius 2 is 2.06 bits per heavy atom. The lowest BCUT2D eigenvalue weighted by Gasteiger charge is -2.14. The Morgan fingerprint density at radius 1 is 1.38 bits per heavy atom. The van der Waals surface area contributed by atoms with Crippen LogP contribution < -0.4 is 10.6 Å². The number of ether oxygens (including phenoxy) is 1. The molecule has 0 radical (unpaired) electrons. The summed E-state index contributed by atoms with van der Waals surface area (Å²) < 4.78 is 5.03. The number of carbonyl (C=O) groups excluding carboxylic acids is 1. The van der Waals surface area contributed by atoms with Gasteiger partial charge in [-0.15, -0.1) is 0 Å². The van der Waals surface area contributed by atoms with Crippen molar-refractivity contribution in [3.05, 3.63) is 0 Å². The minimum atomic E-state index is -1.01. The summed E-state index contributed by atoms with van der Waals surface area (Å²) in [5.74, 6) is -1.01. The van der Waals surface area contributed by atoms with E-state index in [0.29, 0.717) is 32.6 Å². The molecule has 0 aliphatic rings. The zero-order valence-corrected chi connectivity index (χ0v) is 9.78. The Balaban J connectivity index is 3.77. The molecule has 1 atom stereocenters. The fourth-order valence-electron chi connectivity index (χ4n) is 1.14. The molecule has 6 nitrogen and oxygen atoms in total. The maximum atomic E-state index is 11.3. The zero-order valence-electron chi connectivity index (χ0n) is 9.78. The molecule has 6 heteroatoms. The predicted octanol–water partition coefficient (Wildman–Crippen LogP) is 0.575. The van der Waals surface area contributed by atoms with E-state index in [9.17, 15) is 9.59 Å². The number of carboxylic acid groups (broad SMARTS) is 1. The second-order valence-corrected chi connectivity index (χ2v) is 3.28. The topological polar surface area (TPSA) is 87.7 Å². The van der Waals surface area contributed by atoms with Crippen LogP contribution in [0.2, 0.25) is 0 Å². The van der Waals surface area contributed by atoms with Crippen molar-refractivity contribution in [2.45, 2.75) is 32.7 Å². The van der Waals surface area contributed by atoms with Crippen molar-refractivity contribution in [1.29, 1.82) is 0 Å². The van der Waals surface area contributed by atoms with Crippen LogP contribution in [-0.2, 0) is 9.53 Å². The van der Waals surface area contributed by atoms with Crippen molar-refractivity contribution in [1.82, 2.24) is 10.6 Å². The molecule has 16 heavy (non-hydrogen) atoms. The molecule has 3 N–H and O–H groups in total. The van der Waals surface area contributed by atoms with Crippen LogP contribution in [-0.4, -0.2) is 42.9 Å². The molecule has 2 amide bonds. The van der Waals surface area contributed by atoms with E-state index in [-0.39, 0.29) is 0 Å². The molecule has 0 aliphatic heterocycles. The van der Waals surface area contributed by atoms with Crippen molar-refractivity contribution in [2.75, 3.05) is 19.8 Å². The number of carboxylic acids is 1. The summed E-state index contributed by atoms with van der Waals surface area (Å²) >= 11 is 0. The molecule has 0 aliphatic carbocycles. The average Bonchev–Trinajstić information content (AvgIpc) is 2.23. The lowest BCUT2D eigenvalue weighted by molar-refractivity contribution is -0.139. The van der Waals surface area contributed by atoms with Crippen molar-refractivity contribution in [3.63, 3.8) is 0 Å². The molecule has 94 valence electrons. The molecule has 0 bridgehead atoms. The highest BCUT2D eigenvalue weighted by Crippen LogP contribution is 1.96. The Morgan fingerprint density at radius 3 is 2.56 bits per heavy atom. The standard InChI is InChI=1S/C10H20N2O4/c1-3-5-8(9(13)14)12-10(15)11-6-7-16-4-2/h8H,3-7H2,1-2H3,(H,13,14)(H2,11,12,15). The summed E-state index contributed by atoms with van der Waals surface area (Å²) in [4.78, 5) is 22.0. The molecular formula is C10H20N2O4. The van der Waals surface area contributed by atoms with E-state index in [4.69, 9.17) is 9.84 Å². The molecule has 0 aromatic carbocycles. The second-order valence-electron chi connectivity index (χ2n) is 3.28. The van der Waals surface area contributed by atoms with Gasteiger partial charge in [0.2, 0.25) is 0 Å². The fourth-order valence-corrected chi connectivity index (χ4v) is 1.14. The van der Waals surface area contributed by atoms with E-state index >= 15 is 0 Å². The summed E-state index contributed by atoms with van der Waals surface area (Å²) in [6.07, 6.45) is 1.13. The van der Waals surface area contributed by atoms with Gasteiger partial charge in [0.25, 0.3) is 0 Å². The van der Waals surface area contributed by atoms with E-state index in [1.807, 2.05) is 13.8 Å². The summed E-state index contributed by atoms with van der Waals surface area (Å²) in [6.45, 7) is 5.12. The van der Waals surface area contributed by atoms with Gasteiger partial charge in [-0.3, -0.25) is 0 Å². The van der Waals surface area contributed by atoms with Crippen molar-refractivity contribution in [3.8, 4) is 0 Å². The molecule has 0 fully saturated rings. The molecular weight excluding hydrogens is 212 g/mol. The van der Waals surface area contributed by atoms with Crippen LogP contribution in [0.3, 0.4) is 0 Å². The van der Waals surface area contributed by atoms with E-state index < -0.39 is 18.0 Å². The first-order chi connectivity index (χ1) is 7.61. The van der Waals surface area contributed by atoms with Gasteiger partial charge in [-0.25, -0.2) is 9.59 Å². The Kier molecular flexibility index (Phi) is 8.24. The predicted molar refractivity (Wildman–Crippen MR) is 59.4 cm³/mol. The maximum Gasteiger partial charge on any atom is 0.326 e. The number of hydrogen-bond donors (Lipinski definition) is 3. The zero-order chi connectivity index (χ0) is 12.4. The second kappa shape index (κ2) is 8.96. The van der Waals surface area contributed by atoms with E-state index in [1.165, 1.54) is 0 Å². The molecule has 0 spiro atoms. The number of carbonyl (C=O) groups is 2. The molecule has 0 rings (SSSR count). The highest BCUT2D eigenvalue weighted by molar-refractivity contribution is 5.82. The van der Waals surface area contributed by atoms with Gasteiger partial charge in [0, 0.05) is 13.2 Å². The van der Waals surface area contributed by atoms with Crippen LogP contribution in [0.1, 0.15) is 26.7 Å². The summed E-state index contributed by atoms with van der Waals surface area (Å²) in [5.41, 5.74) is 0. The first-order valence-electron chi connectivity index (χ1n) is 5.46. The normalized spacial score (nSPS) is 11.9. The maximum absolute atomic E-state index is 11.3. The van der Waals surface area contributed by atoms with Gasteiger partial charge in [-0.2, -0.15) is 0 Å². The third-order valence-electron chi connectivity index (χ3n) is 1.92. The van der Waals surface area contributed by atoms with Crippen LogP contribution in [0, 0.1) is 0 Å².